The fourth-order valence-corrected chi connectivity index (χ4v) is 3.35. The van der Waals surface area contributed by atoms with E-state index in [1.165, 1.54) is 11.1 Å². The normalized spacial score (nSPS) is 23.7. The molecule has 0 bridgehead atoms. The van der Waals surface area contributed by atoms with Gasteiger partial charge in [-0.25, -0.2) is 0 Å². The highest BCUT2D eigenvalue weighted by molar-refractivity contribution is 5.52. The number of methoxy groups -OCH3 is 2. The third kappa shape index (κ3) is 2.18. The number of hydrogen-bond donors (Lipinski definition) is 1. The summed E-state index contributed by atoms with van der Waals surface area (Å²) < 4.78 is 10.6. The Hall–Kier alpha value is -2.00. The number of benzene rings is 2. The summed E-state index contributed by atoms with van der Waals surface area (Å²) in [6, 6.07) is 14.3. The zero-order valence-corrected chi connectivity index (χ0v) is 12.7. The van der Waals surface area contributed by atoms with Crippen molar-refractivity contribution in [1.82, 2.24) is 0 Å². The molecule has 0 spiro atoms. The van der Waals surface area contributed by atoms with Gasteiger partial charge < -0.3 is 15.2 Å². The minimum absolute atomic E-state index is 0.419. The largest absolute Gasteiger partial charge is 0.497 e. The highest BCUT2D eigenvalue weighted by Gasteiger charge is 2.40. The topological polar surface area (TPSA) is 44.5 Å². The van der Waals surface area contributed by atoms with E-state index in [0.29, 0.717) is 5.92 Å². The van der Waals surface area contributed by atoms with E-state index in [4.69, 9.17) is 15.2 Å². The summed E-state index contributed by atoms with van der Waals surface area (Å²) in [6.45, 7) is 2.22. The molecule has 0 saturated carbocycles. The van der Waals surface area contributed by atoms with Gasteiger partial charge in [-0.1, -0.05) is 25.1 Å². The van der Waals surface area contributed by atoms with Crippen LogP contribution in [0.25, 0.3) is 0 Å². The summed E-state index contributed by atoms with van der Waals surface area (Å²) >= 11 is 0. The zero-order chi connectivity index (χ0) is 15.0. The first-order valence-electron chi connectivity index (χ1n) is 7.20. The van der Waals surface area contributed by atoms with Gasteiger partial charge in [0.05, 0.1) is 19.8 Å². The molecule has 3 rings (SSSR count). The van der Waals surface area contributed by atoms with Crippen LogP contribution in [-0.2, 0) is 5.54 Å². The lowest BCUT2D eigenvalue weighted by Crippen LogP contribution is -2.35. The second-order valence-electron chi connectivity index (χ2n) is 5.76. The molecule has 0 saturated heterocycles. The van der Waals surface area contributed by atoms with Crippen molar-refractivity contribution in [3.05, 3.63) is 59.2 Å². The molecule has 110 valence electrons. The molecular weight excluding hydrogens is 262 g/mol. The zero-order valence-electron chi connectivity index (χ0n) is 12.7. The lowest BCUT2D eigenvalue weighted by Gasteiger charge is -2.26. The predicted octanol–water partition coefficient (Wildman–Crippen LogP) is 3.41. The molecule has 2 aromatic rings. The van der Waals surface area contributed by atoms with E-state index in [2.05, 4.69) is 31.2 Å². The molecule has 1 aliphatic rings. The highest BCUT2D eigenvalue weighted by atomic mass is 16.5. The van der Waals surface area contributed by atoms with Crippen molar-refractivity contribution >= 4 is 0 Å². The van der Waals surface area contributed by atoms with E-state index < -0.39 is 5.54 Å². The fourth-order valence-electron chi connectivity index (χ4n) is 3.35. The number of fused-ring (bicyclic) bond motifs is 1. The predicted molar refractivity (Wildman–Crippen MR) is 84.0 cm³/mol. The van der Waals surface area contributed by atoms with Crippen molar-refractivity contribution in [3.8, 4) is 11.5 Å². The molecule has 1 aliphatic carbocycles. The van der Waals surface area contributed by atoms with Crippen LogP contribution < -0.4 is 15.2 Å². The van der Waals surface area contributed by atoms with Crippen molar-refractivity contribution in [2.45, 2.75) is 24.8 Å². The first kappa shape index (κ1) is 14.0. The Morgan fingerprint density at radius 3 is 2.24 bits per heavy atom. The molecule has 2 atom stereocenters. The van der Waals surface area contributed by atoms with Gasteiger partial charge in [-0.05, 0) is 53.3 Å². The van der Waals surface area contributed by atoms with Crippen molar-refractivity contribution in [2.24, 2.45) is 5.73 Å². The molecule has 0 amide bonds. The Morgan fingerprint density at radius 1 is 1.00 bits per heavy atom. The monoisotopic (exact) mass is 283 g/mol. The maximum Gasteiger partial charge on any atom is 0.119 e. The molecule has 2 N–H and O–H groups in total. The number of ether oxygens (including phenoxy) is 2. The molecule has 0 fully saturated rings. The first-order valence-corrected chi connectivity index (χ1v) is 7.20. The Kier molecular flexibility index (Phi) is 3.38. The molecule has 0 heterocycles. The van der Waals surface area contributed by atoms with Crippen LogP contribution >= 0.6 is 0 Å². The Morgan fingerprint density at radius 2 is 1.62 bits per heavy atom. The molecule has 0 radical (unpaired) electrons. The van der Waals surface area contributed by atoms with Gasteiger partial charge in [0.1, 0.15) is 11.5 Å². The Labute approximate surface area is 125 Å². The molecule has 0 aliphatic heterocycles. The quantitative estimate of drug-likeness (QED) is 0.938. The van der Waals surface area contributed by atoms with Crippen LogP contribution in [0.15, 0.2) is 42.5 Å². The van der Waals surface area contributed by atoms with Crippen molar-refractivity contribution in [2.75, 3.05) is 14.2 Å². The number of rotatable bonds is 3. The van der Waals surface area contributed by atoms with Gasteiger partial charge in [0.2, 0.25) is 0 Å². The standard InChI is InChI=1S/C18H21NO2/c1-12-11-18(19,13-4-6-14(20-2)7-5-13)17-9-8-15(21-3)10-16(12)17/h4-10,12H,11,19H2,1-3H3. The summed E-state index contributed by atoms with van der Waals surface area (Å²) in [5, 5.41) is 0. The van der Waals surface area contributed by atoms with Gasteiger partial charge in [-0.3, -0.25) is 0 Å². The van der Waals surface area contributed by atoms with Crippen molar-refractivity contribution in [3.63, 3.8) is 0 Å². The van der Waals surface area contributed by atoms with E-state index in [1.54, 1.807) is 14.2 Å². The lowest BCUT2D eigenvalue weighted by atomic mass is 9.85. The minimum atomic E-state index is -0.437. The summed E-state index contributed by atoms with van der Waals surface area (Å²) in [4.78, 5) is 0. The molecule has 3 heteroatoms. The van der Waals surface area contributed by atoms with Crippen LogP contribution in [0.4, 0.5) is 0 Å². The summed E-state index contributed by atoms with van der Waals surface area (Å²) in [5.74, 6) is 2.16. The Bertz CT molecular complexity index is 651. The molecule has 21 heavy (non-hydrogen) atoms. The third-order valence-corrected chi connectivity index (χ3v) is 4.50. The molecule has 2 aromatic carbocycles. The molecule has 0 aromatic heterocycles. The molecule has 3 nitrogen and oxygen atoms in total. The van der Waals surface area contributed by atoms with Gasteiger partial charge in [0, 0.05) is 0 Å². The first-order chi connectivity index (χ1) is 10.1. The van der Waals surface area contributed by atoms with E-state index in [9.17, 15) is 0 Å². The maximum atomic E-state index is 6.78. The van der Waals surface area contributed by atoms with Crippen LogP contribution in [-0.4, -0.2) is 14.2 Å². The summed E-state index contributed by atoms with van der Waals surface area (Å²) in [6.07, 6.45) is 0.905. The van der Waals surface area contributed by atoms with E-state index in [-0.39, 0.29) is 0 Å². The van der Waals surface area contributed by atoms with E-state index >= 15 is 0 Å². The molecule has 2 unspecified atom stereocenters. The average Bonchev–Trinajstić information content (AvgIpc) is 2.79. The van der Waals surface area contributed by atoms with E-state index in [0.717, 1.165) is 23.5 Å². The second kappa shape index (κ2) is 5.08. The average molecular weight is 283 g/mol. The van der Waals surface area contributed by atoms with Crippen LogP contribution in [0.3, 0.4) is 0 Å². The van der Waals surface area contributed by atoms with Crippen molar-refractivity contribution < 1.29 is 9.47 Å². The summed E-state index contributed by atoms with van der Waals surface area (Å²) in [7, 11) is 3.37. The van der Waals surface area contributed by atoms with Gasteiger partial charge in [0.15, 0.2) is 0 Å². The second-order valence-corrected chi connectivity index (χ2v) is 5.76. The fraction of sp³-hybridized carbons (Fsp3) is 0.333. The lowest BCUT2D eigenvalue weighted by molar-refractivity contribution is 0.414. The van der Waals surface area contributed by atoms with E-state index in [1.807, 2.05) is 18.2 Å². The molecular formula is C18H21NO2. The van der Waals surface area contributed by atoms with Gasteiger partial charge in [0.25, 0.3) is 0 Å². The maximum absolute atomic E-state index is 6.78. The van der Waals surface area contributed by atoms with Gasteiger partial charge in [-0.2, -0.15) is 0 Å². The van der Waals surface area contributed by atoms with Gasteiger partial charge >= 0.3 is 0 Å². The summed E-state index contributed by atoms with van der Waals surface area (Å²) in [5.41, 5.74) is 9.95. The minimum Gasteiger partial charge on any atom is -0.497 e. The highest BCUT2D eigenvalue weighted by Crippen LogP contribution is 2.47. The third-order valence-electron chi connectivity index (χ3n) is 4.50. The number of hydrogen-bond acceptors (Lipinski definition) is 3. The Balaban J connectivity index is 2.07. The van der Waals surface area contributed by atoms with Gasteiger partial charge in [-0.15, -0.1) is 0 Å². The van der Waals surface area contributed by atoms with Crippen LogP contribution in [0.1, 0.15) is 36.0 Å². The number of nitrogens with two attached hydrogens (primary N) is 1. The van der Waals surface area contributed by atoms with Crippen molar-refractivity contribution in [1.29, 1.82) is 0 Å². The SMILES string of the molecule is COc1ccc(C2(N)CC(C)c3cc(OC)ccc32)cc1. The van der Waals surface area contributed by atoms with Crippen LogP contribution in [0, 0.1) is 0 Å². The van der Waals surface area contributed by atoms with Crippen LogP contribution in [0.5, 0.6) is 11.5 Å². The smallest absolute Gasteiger partial charge is 0.119 e. The van der Waals surface area contributed by atoms with Crippen LogP contribution in [0.2, 0.25) is 0 Å².